The monoisotopic (exact) mass is 473 g/mol. The minimum Gasteiger partial charge on any atom is -0.358 e. The zero-order valence-electron chi connectivity index (χ0n) is 19.6. The van der Waals surface area contributed by atoms with E-state index in [-0.39, 0.29) is 11.8 Å². The van der Waals surface area contributed by atoms with Gasteiger partial charge in [-0.25, -0.2) is 0 Å². The Labute approximate surface area is 204 Å². The van der Waals surface area contributed by atoms with Gasteiger partial charge in [0.25, 0.3) is 11.8 Å². The van der Waals surface area contributed by atoms with Crippen LogP contribution < -0.4 is 5.32 Å². The zero-order valence-corrected chi connectivity index (χ0v) is 20.4. The maximum Gasteiger partial charge on any atom is 0.256 e. The van der Waals surface area contributed by atoms with E-state index >= 15 is 0 Å². The molecule has 2 aliphatic rings. The first-order chi connectivity index (χ1) is 16.3. The number of hydrogen-bond acceptors (Lipinski definition) is 2. The molecule has 1 saturated heterocycles. The summed E-state index contributed by atoms with van der Waals surface area (Å²) >= 11 is 6.25. The lowest BCUT2D eigenvalue weighted by molar-refractivity contribution is -0.110. The Hall–Kier alpha value is -3.31. The van der Waals surface area contributed by atoms with Crippen LogP contribution in [-0.2, 0) is 4.79 Å². The smallest absolute Gasteiger partial charge is 0.256 e. The lowest BCUT2D eigenvalue weighted by Crippen LogP contribution is -2.29. The largest absolute Gasteiger partial charge is 0.358 e. The van der Waals surface area contributed by atoms with Gasteiger partial charge < -0.3 is 15.2 Å². The highest BCUT2D eigenvalue weighted by atomic mass is 35.5. The minimum atomic E-state index is -0.184. The highest BCUT2D eigenvalue weighted by Gasteiger charge is 2.32. The molecule has 1 fully saturated rings. The summed E-state index contributed by atoms with van der Waals surface area (Å²) in [6.45, 7) is 7.90. The third-order valence-electron chi connectivity index (χ3n) is 6.92. The van der Waals surface area contributed by atoms with Gasteiger partial charge in [-0.15, -0.1) is 0 Å². The molecule has 0 spiro atoms. The van der Waals surface area contributed by atoms with Crippen molar-refractivity contribution in [3.63, 3.8) is 0 Å². The number of amides is 2. The number of carbonyl (C=O) groups excluding carboxylic acids is 2. The first kappa shape index (κ1) is 22.5. The maximum atomic E-state index is 13.4. The first-order valence-corrected chi connectivity index (χ1v) is 12.1. The Morgan fingerprint density at radius 2 is 1.97 bits per heavy atom. The molecule has 3 heterocycles. The SMILES string of the molecule is Cc1cc(C(=O)N2CC[C@@H](C(C)C)C2)c(/C=C2\C(=O)Nc3cccc(-c4cccc(Cl)c4)c32)[nH]1. The Morgan fingerprint density at radius 1 is 1.18 bits per heavy atom. The van der Waals surface area contributed by atoms with Crippen LogP contribution >= 0.6 is 11.6 Å². The molecule has 1 aromatic heterocycles. The van der Waals surface area contributed by atoms with Gasteiger partial charge in [0.15, 0.2) is 0 Å². The summed E-state index contributed by atoms with van der Waals surface area (Å²) in [7, 11) is 0. The molecule has 2 N–H and O–H groups in total. The van der Waals surface area contributed by atoms with Crippen molar-refractivity contribution in [2.75, 3.05) is 18.4 Å². The number of aromatic nitrogens is 1. The number of benzene rings is 2. The molecule has 34 heavy (non-hydrogen) atoms. The normalized spacial score (nSPS) is 18.6. The summed E-state index contributed by atoms with van der Waals surface area (Å²) < 4.78 is 0. The maximum absolute atomic E-state index is 13.4. The van der Waals surface area contributed by atoms with Gasteiger partial charge in [0.05, 0.1) is 16.8 Å². The molecule has 1 atom stereocenters. The number of rotatable bonds is 4. The number of nitrogens with zero attached hydrogens (tertiary/aromatic N) is 1. The van der Waals surface area contributed by atoms with Crippen molar-refractivity contribution >= 4 is 40.8 Å². The summed E-state index contributed by atoms with van der Waals surface area (Å²) in [4.78, 5) is 31.7. The molecular formula is C28H28ClN3O2. The lowest BCUT2D eigenvalue weighted by atomic mass is 9.94. The Bertz CT molecular complexity index is 1320. The Morgan fingerprint density at radius 3 is 2.71 bits per heavy atom. The van der Waals surface area contributed by atoms with Crippen LogP contribution in [0.15, 0.2) is 48.5 Å². The van der Waals surface area contributed by atoms with Crippen molar-refractivity contribution < 1.29 is 9.59 Å². The van der Waals surface area contributed by atoms with Crippen LogP contribution in [0.3, 0.4) is 0 Å². The van der Waals surface area contributed by atoms with Crippen LogP contribution in [-0.4, -0.2) is 34.8 Å². The molecule has 6 heteroatoms. The van der Waals surface area contributed by atoms with E-state index in [1.807, 2.05) is 66.4 Å². The van der Waals surface area contributed by atoms with Gasteiger partial charge in [-0.2, -0.15) is 0 Å². The van der Waals surface area contributed by atoms with Crippen molar-refractivity contribution in [1.82, 2.24) is 9.88 Å². The second kappa shape index (κ2) is 8.80. The van der Waals surface area contributed by atoms with Crippen LogP contribution in [0.4, 0.5) is 5.69 Å². The second-order valence-corrected chi connectivity index (χ2v) is 10.0. The van der Waals surface area contributed by atoms with Gasteiger partial charge in [0, 0.05) is 35.1 Å². The molecule has 5 nitrogen and oxygen atoms in total. The average molecular weight is 474 g/mol. The summed E-state index contributed by atoms with van der Waals surface area (Å²) in [6.07, 6.45) is 2.84. The molecule has 3 aromatic rings. The second-order valence-electron chi connectivity index (χ2n) is 9.57. The number of aryl methyl sites for hydroxylation is 1. The van der Waals surface area contributed by atoms with Crippen LogP contribution in [0.25, 0.3) is 22.8 Å². The number of aromatic amines is 1. The summed E-state index contributed by atoms with van der Waals surface area (Å²) in [5.74, 6) is 0.909. The molecule has 0 saturated carbocycles. The number of likely N-dealkylation sites (tertiary alicyclic amines) is 1. The van der Waals surface area contributed by atoms with E-state index in [0.29, 0.717) is 33.7 Å². The van der Waals surface area contributed by atoms with Crippen LogP contribution in [0.2, 0.25) is 5.02 Å². The van der Waals surface area contributed by atoms with Gasteiger partial charge in [0.2, 0.25) is 0 Å². The molecule has 0 aliphatic carbocycles. The quantitative estimate of drug-likeness (QED) is 0.439. The lowest BCUT2D eigenvalue weighted by Gasteiger charge is -2.18. The van der Waals surface area contributed by atoms with E-state index in [1.165, 1.54) is 0 Å². The van der Waals surface area contributed by atoms with E-state index in [4.69, 9.17) is 11.6 Å². The zero-order chi connectivity index (χ0) is 24.0. The fraction of sp³-hybridized carbons (Fsp3) is 0.286. The van der Waals surface area contributed by atoms with Gasteiger partial charge in [0.1, 0.15) is 0 Å². The molecule has 5 rings (SSSR count). The highest BCUT2D eigenvalue weighted by molar-refractivity contribution is 6.36. The minimum absolute atomic E-state index is 0.0149. The van der Waals surface area contributed by atoms with Gasteiger partial charge in [-0.05, 0) is 66.6 Å². The molecule has 0 unspecified atom stereocenters. The van der Waals surface area contributed by atoms with Gasteiger partial charge >= 0.3 is 0 Å². The molecule has 174 valence electrons. The van der Waals surface area contributed by atoms with Crippen molar-refractivity contribution in [2.24, 2.45) is 11.8 Å². The molecule has 0 radical (unpaired) electrons. The molecule has 2 aromatic carbocycles. The number of H-pyrrole nitrogens is 1. The van der Waals surface area contributed by atoms with Crippen molar-refractivity contribution in [2.45, 2.75) is 27.2 Å². The predicted octanol–water partition coefficient (Wildman–Crippen LogP) is 6.25. The highest BCUT2D eigenvalue weighted by Crippen LogP contribution is 2.41. The van der Waals surface area contributed by atoms with Gasteiger partial charge in [-0.1, -0.05) is 49.7 Å². The summed E-state index contributed by atoms with van der Waals surface area (Å²) in [5, 5.41) is 3.61. The predicted molar refractivity (Wildman–Crippen MR) is 138 cm³/mol. The van der Waals surface area contributed by atoms with Crippen molar-refractivity contribution in [3.8, 4) is 11.1 Å². The summed E-state index contributed by atoms with van der Waals surface area (Å²) in [6, 6.07) is 15.3. The molecule has 2 aliphatic heterocycles. The number of carbonyl (C=O) groups is 2. The van der Waals surface area contributed by atoms with E-state index in [1.54, 1.807) is 0 Å². The molecular weight excluding hydrogens is 446 g/mol. The first-order valence-electron chi connectivity index (χ1n) is 11.7. The third kappa shape index (κ3) is 4.05. The number of halogens is 1. The molecule has 0 bridgehead atoms. The third-order valence-corrected chi connectivity index (χ3v) is 7.15. The number of hydrogen-bond donors (Lipinski definition) is 2. The average Bonchev–Trinajstić information content (AvgIpc) is 3.51. The Balaban J connectivity index is 1.56. The number of fused-ring (bicyclic) bond motifs is 1. The van der Waals surface area contributed by atoms with Crippen LogP contribution in [0.5, 0.6) is 0 Å². The van der Waals surface area contributed by atoms with Gasteiger partial charge in [-0.3, -0.25) is 9.59 Å². The Kier molecular flexibility index (Phi) is 5.82. The summed E-state index contributed by atoms with van der Waals surface area (Å²) in [5.41, 5.74) is 6.11. The fourth-order valence-corrected chi connectivity index (χ4v) is 5.21. The van der Waals surface area contributed by atoms with Crippen molar-refractivity contribution in [1.29, 1.82) is 0 Å². The molecule has 2 amide bonds. The number of anilines is 1. The van der Waals surface area contributed by atoms with E-state index in [2.05, 4.69) is 24.1 Å². The fourth-order valence-electron chi connectivity index (χ4n) is 5.02. The van der Waals surface area contributed by atoms with E-state index in [9.17, 15) is 9.59 Å². The van der Waals surface area contributed by atoms with Crippen LogP contribution in [0, 0.1) is 18.8 Å². The van der Waals surface area contributed by atoms with E-state index < -0.39 is 0 Å². The van der Waals surface area contributed by atoms with E-state index in [0.717, 1.165) is 47.6 Å². The number of nitrogens with one attached hydrogen (secondary N) is 2. The standard InChI is InChI=1S/C28H28ClN3O2/c1-16(2)19-10-11-32(15-19)28(34)22-12-17(3)30-25(22)14-23-26-21(18-6-4-7-20(29)13-18)8-5-9-24(26)31-27(23)33/h4-9,12-14,16,19,30H,10-11,15H2,1-3H3,(H,31,33)/b23-14-/t19-/m1/s1. The van der Waals surface area contributed by atoms with Crippen LogP contribution in [0.1, 0.15) is 47.6 Å². The topological polar surface area (TPSA) is 65.2 Å². The van der Waals surface area contributed by atoms with Crippen molar-refractivity contribution in [3.05, 3.63) is 76.1 Å².